The quantitative estimate of drug-likeness (QED) is 0.740. The number of hydrogen-bond acceptors (Lipinski definition) is 4. The Morgan fingerprint density at radius 2 is 2.22 bits per heavy atom. The largest absolute Gasteiger partial charge is 0.496 e. The number of aliphatic carboxylic acids is 1. The van der Waals surface area contributed by atoms with Crippen LogP contribution >= 0.6 is 11.6 Å². The molecule has 0 aliphatic carbocycles. The summed E-state index contributed by atoms with van der Waals surface area (Å²) in [7, 11) is 3.02. The van der Waals surface area contributed by atoms with Gasteiger partial charge in [-0.05, 0) is 12.1 Å². The van der Waals surface area contributed by atoms with Crippen molar-refractivity contribution in [2.45, 2.75) is 6.04 Å². The zero-order valence-corrected chi connectivity index (χ0v) is 11.0. The van der Waals surface area contributed by atoms with E-state index in [1.54, 1.807) is 25.3 Å². The van der Waals surface area contributed by atoms with Crippen LogP contribution in [0.4, 0.5) is 0 Å². The molecule has 1 aromatic rings. The van der Waals surface area contributed by atoms with Gasteiger partial charge in [-0.15, -0.1) is 0 Å². The summed E-state index contributed by atoms with van der Waals surface area (Å²) < 4.78 is 10.0. The maximum atomic E-state index is 11.3. The second-order valence-corrected chi connectivity index (χ2v) is 3.98. The first-order chi connectivity index (χ1) is 8.61. The maximum absolute atomic E-state index is 11.3. The van der Waals surface area contributed by atoms with Gasteiger partial charge in [-0.25, -0.2) is 0 Å². The minimum absolute atomic E-state index is 0.353. The summed E-state index contributed by atoms with van der Waals surface area (Å²) in [5.41, 5.74) is 0.422. The van der Waals surface area contributed by atoms with E-state index in [1.807, 2.05) is 0 Å². The number of carboxylic acids is 1. The van der Waals surface area contributed by atoms with Crippen molar-refractivity contribution in [2.24, 2.45) is 0 Å². The molecule has 6 heteroatoms. The summed E-state index contributed by atoms with van der Waals surface area (Å²) >= 11 is 6.05. The Labute approximate surface area is 111 Å². The molecular weight excluding hydrogens is 258 g/mol. The van der Waals surface area contributed by atoms with E-state index in [4.69, 9.17) is 21.1 Å². The highest BCUT2D eigenvalue weighted by Crippen LogP contribution is 2.32. The monoisotopic (exact) mass is 273 g/mol. The Kier molecular flexibility index (Phi) is 5.91. The molecule has 0 heterocycles. The third kappa shape index (κ3) is 3.60. The van der Waals surface area contributed by atoms with Crippen LogP contribution in [-0.2, 0) is 9.53 Å². The van der Waals surface area contributed by atoms with Crippen molar-refractivity contribution >= 4 is 17.6 Å². The summed E-state index contributed by atoms with van der Waals surface area (Å²) in [5.74, 6) is -0.572. The second-order valence-electron chi connectivity index (χ2n) is 3.57. The van der Waals surface area contributed by atoms with Gasteiger partial charge < -0.3 is 14.6 Å². The molecule has 5 nitrogen and oxygen atoms in total. The first-order valence-corrected chi connectivity index (χ1v) is 5.77. The van der Waals surface area contributed by atoms with Gasteiger partial charge in [0.05, 0.1) is 13.7 Å². The first kappa shape index (κ1) is 14.8. The number of hydrogen-bond donors (Lipinski definition) is 2. The van der Waals surface area contributed by atoms with E-state index >= 15 is 0 Å². The minimum Gasteiger partial charge on any atom is -0.496 e. The molecule has 0 radical (unpaired) electrons. The standard InChI is InChI=1S/C12H16ClNO4/c1-17-7-6-14-11(12(15)16)10-8(13)4-3-5-9(10)18-2/h3-5,11,14H,6-7H2,1-2H3,(H,15,16). The van der Waals surface area contributed by atoms with Crippen LogP contribution in [0.1, 0.15) is 11.6 Å². The Hall–Kier alpha value is -1.30. The van der Waals surface area contributed by atoms with E-state index in [1.165, 1.54) is 7.11 Å². The molecule has 18 heavy (non-hydrogen) atoms. The molecule has 0 saturated carbocycles. The number of methoxy groups -OCH3 is 2. The Balaban J connectivity index is 3.01. The van der Waals surface area contributed by atoms with Gasteiger partial charge in [0, 0.05) is 24.2 Å². The topological polar surface area (TPSA) is 67.8 Å². The molecule has 1 atom stereocenters. The van der Waals surface area contributed by atoms with Crippen LogP contribution in [0.3, 0.4) is 0 Å². The van der Waals surface area contributed by atoms with Gasteiger partial charge in [-0.2, -0.15) is 0 Å². The number of halogens is 1. The highest BCUT2D eigenvalue weighted by atomic mass is 35.5. The summed E-state index contributed by atoms with van der Waals surface area (Å²) in [5, 5.41) is 12.5. The lowest BCUT2D eigenvalue weighted by Crippen LogP contribution is -2.31. The van der Waals surface area contributed by atoms with Crippen molar-refractivity contribution in [3.8, 4) is 5.75 Å². The van der Waals surface area contributed by atoms with Gasteiger partial charge in [0.15, 0.2) is 0 Å². The van der Waals surface area contributed by atoms with Gasteiger partial charge in [-0.1, -0.05) is 17.7 Å². The summed E-state index contributed by atoms with van der Waals surface area (Å²) in [6.07, 6.45) is 0. The van der Waals surface area contributed by atoms with Gasteiger partial charge in [0.2, 0.25) is 0 Å². The van der Waals surface area contributed by atoms with Gasteiger partial charge >= 0.3 is 5.97 Å². The fourth-order valence-electron chi connectivity index (χ4n) is 1.59. The Morgan fingerprint density at radius 1 is 1.50 bits per heavy atom. The fraction of sp³-hybridized carbons (Fsp3) is 0.417. The van der Waals surface area contributed by atoms with Crippen LogP contribution < -0.4 is 10.1 Å². The number of ether oxygens (including phenoxy) is 2. The minimum atomic E-state index is -1.02. The SMILES string of the molecule is COCCNC(C(=O)O)c1c(Cl)cccc1OC. The average molecular weight is 274 g/mol. The van der Waals surface area contributed by atoms with E-state index in [0.717, 1.165) is 0 Å². The molecule has 100 valence electrons. The fourth-order valence-corrected chi connectivity index (χ4v) is 1.87. The molecule has 0 fully saturated rings. The zero-order chi connectivity index (χ0) is 13.5. The van der Waals surface area contributed by atoms with Crippen LogP contribution in [0.2, 0.25) is 5.02 Å². The molecule has 0 saturated heterocycles. The van der Waals surface area contributed by atoms with Crippen LogP contribution in [0.15, 0.2) is 18.2 Å². The number of carbonyl (C=O) groups is 1. The molecule has 0 spiro atoms. The first-order valence-electron chi connectivity index (χ1n) is 5.39. The Morgan fingerprint density at radius 3 is 2.78 bits per heavy atom. The molecular formula is C12H16ClNO4. The van der Waals surface area contributed by atoms with Crippen molar-refractivity contribution in [3.05, 3.63) is 28.8 Å². The van der Waals surface area contributed by atoms with Gasteiger partial charge in [-0.3, -0.25) is 10.1 Å². The zero-order valence-electron chi connectivity index (χ0n) is 10.3. The van der Waals surface area contributed by atoms with Crippen molar-refractivity contribution in [1.29, 1.82) is 0 Å². The summed E-state index contributed by atoms with van der Waals surface area (Å²) in [6.45, 7) is 0.818. The van der Waals surface area contributed by atoms with Crippen molar-refractivity contribution in [1.82, 2.24) is 5.32 Å². The van der Waals surface area contributed by atoms with E-state index in [9.17, 15) is 9.90 Å². The predicted molar refractivity (Wildman–Crippen MR) is 68.3 cm³/mol. The average Bonchev–Trinajstić information content (AvgIpc) is 2.35. The molecule has 0 aliphatic rings. The normalized spacial score (nSPS) is 12.2. The van der Waals surface area contributed by atoms with Crippen LogP contribution in [0.5, 0.6) is 5.75 Å². The van der Waals surface area contributed by atoms with Crippen LogP contribution in [0.25, 0.3) is 0 Å². The maximum Gasteiger partial charge on any atom is 0.325 e. The number of nitrogens with one attached hydrogen (secondary N) is 1. The van der Waals surface area contributed by atoms with E-state index < -0.39 is 12.0 Å². The molecule has 0 aliphatic heterocycles. The third-order valence-corrected chi connectivity index (χ3v) is 2.75. The molecule has 1 rings (SSSR count). The molecule has 1 unspecified atom stereocenters. The lowest BCUT2D eigenvalue weighted by Gasteiger charge is -2.18. The second kappa shape index (κ2) is 7.20. The number of benzene rings is 1. The van der Waals surface area contributed by atoms with E-state index in [2.05, 4.69) is 5.32 Å². The van der Waals surface area contributed by atoms with Crippen molar-refractivity contribution < 1.29 is 19.4 Å². The molecule has 1 aromatic carbocycles. The predicted octanol–water partition coefficient (Wildman–Crippen LogP) is 1.71. The number of rotatable bonds is 7. The summed E-state index contributed by atoms with van der Waals surface area (Å²) in [4.78, 5) is 11.3. The van der Waals surface area contributed by atoms with Crippen molar-refractivity contribution in [2.75, 3.05) is 27.4 Å². The molecule has 2 N–H and O–H groups in total. The highest BCUT2D eigenvalue weighted by Gasteiger charge is 2.25. The van der Waals surface area contributed by atoms with Gasteiger partial charge in [0.1, 0.15) is 11.8 Å². The third-order valence-electron chi connectivity index (χ3n) is 2.42. The lowest BCUT2D eigenvalue weighted by molar-refractivity contribution is -0.139. The Bertz CT molecular complexity index is 411. The van der Waals surface area contributed by atoms with Gasteiger partial charge in [0.25, 0.3) is 0 Å². The van der Waals surface area contributed by atoms with Crippen LogP contribution in [-0.4, -0.2) is 38.4 Å². The number of carboxylic acid groups (broad SMARTS) is 1. The molecule has 0 aromatic heterocycles. The molecule has 0 amide bonds. The van der Waals surface area contributed by atoms with E-state index in [0.29, 0.717) is 29.5 Å². The lowest BCUT2D eigenvalue weighted by atomic mass is 10.1. The summed E-state index contributed by atoms with van der Waals surface area (Å²) in [6, 6.07) is 4.09. The smallest absolute Gasteiger partial charge is 0.325 e. The van der Waals surface area contributed by atoms with Crippen LogP contribution in [0, 0.1) is 0 Å². The van der Waals surface area contributed by atoms with Crippen molar-refractivity contribution in [3.63, 3.8) is 0 Å². The van der Waals surface area contributed by atoms with E-state index in [-0.39, 0.29) is 0 Å². The highest BCUT2D eigenvalue weighted by molar-refractivity contribution is 6.31. The molecule has 0 bridgehead atoms.